The third-order valence-electron chi connectivity index (χ3n) is 2.40. The number of carbonyl (C=O) groups is 1. The minimum Gasteiger partial charge on any atom is -0.466 e. The van der Waals surface area contributed by atoms with Crippen LogP contribution in [0.1, 0.15) is 32.6 Å². The van der Waals surface area contributed by atoms with Crippen LogP contribution in [-0.4, -0.2) is 27.3 Å². The molecule has 0 saturated carbocycles. The molecule has 0 atom stereocenters. The monoisotopic (exact) mass is 255 g/mol. The third kappa shape index (κ3) is 4.94. The average Bonchev–Trinajstić information content (AvgIpc) is 2.78. The number of hydrogen-bond donors (Lipinski definition) is 0. The number of nitro groups is 1. The fourth-order valence-electron chi connectivity index (χ4n) is 1.52. The van der Waals surface area contributed by atoms with Gasteiger partial charge in [0.05, 0.1) is 11.5 Å². The number of aromatic nitrogens is 2. The maximum atomic E-state index is 11.0. The van der Waals surface area contributed by atoms with Crippen LogP contribution in [0.4, 0.5) is 5.69 Å². The third-order valence-corrected chi connectivity index (χ3v) is 2.40. The molecule has 7 nitrogen and oxygen atoms in total. The predicted molar refractivity (Wildman–Crippen MR) is 64.0 cm³/mol. The number of hydrogen-bond acceptors (Lipinski definition) is 5. The highest BCUT2D eigenvalue weighted by molar-refractivity contribution is 5.69. The fraction of sp³-hybridized carbons (Fsp3) is 0.636. The molecule has 18 heavy (non-hydrogen) atoms. The zero-order valence-electron chi connectivity index (χ0n) is 10.4. The van der Waals surface area contributed by atoms with Gasteiger partial charge in [0.2, 0.25) is 0 Å². The summed E-state index contributed by atoms with van der Waals surface area (Å²) in [5, 5.41) is 14.3. The van der Waals surface area contributed by atoms with Crippen LogP contribution in [0, 0.1) is 10.1 Å². The van der Waals surface area contributed by atoms with Crippen molar-refractivity contribution in [2.45, 2.75) is 39.2 Å². The molecule has 0 spiro atoms. The fourth-order valence-corrected chi connectivity index (χ4v) is 1.52. The number of esters is 1. The van der Waals surface area contributed by atoms with Gasteiger partial charge in [0.1, 0.15) is 12.4 Å². The summed E-state index contributed by atoms with van der Waals surface area (Å²) in [5.74, 6) is -0.174. The summed E-state index contributed by atoms with van der Waals surface area (Å²) < 4.78 is 6.35. The van der Waals surface area contributed by atoms with Gasteiger partial charge < -0.3 is 4.74 Å². The van der Waals surface area contributed by atoms with Crippen LogP contribution in [0.3, 0.4) is 0 Å². The van der Waals surface area contributed by atoms with Crippen molar-refractivity contribution < 1.29 is 14.5 Å². The van der Waals surface area contributed by atoms with Crippen molar-refractivity contribution in [3.63, 3.8) is 0 Å². The van der Waals surface area contributed by atoms with Crippen LogP contribution in [0.25, 0.3) is 0 Å². The topological polar surface area (TPSA) is 87.3 Å². The van der Waals surface area contributed by atoms with Gasteiger partial charge in [-0.2, -0.15) is 5.10 Å². The van der Waals surface area contributed by atoms with E-state index in [0.29, 0.717) is 19.6 Å². The molecule has 0 fully saturated rings. The summed E-state index contributed by atoms with van der Waals surface area (Å²) in [6.45, 7) is 2.81. The molecule has 0 saturated heterocycles. The lowest BCUT2D eigenvalue weighted by Gasteiger charge is -2.02. The summed E-state index contributed by atoms with van der Waals surface area (Å²) in [7, 11) is 0. The van der Waals surface area contributed by atoms with Crippen molar-refractivity contribution in [3.05, 3.63) is 22.5 Å². The van der Waals surface area contributed by atoms with Crippen molar-refractivity contribution in [3.8, 4) is 0 Å². The van der Waals surface area contributed by atoms with Gasteiger partial charge in [-0.15, -0.1) is 0 Å². The molecular formula is C11H17N3O4. The van der Waals surface area contributed by atoms with Crippen molar-refractivity contribution in [2.24, 2.45) is 0 Å². The zero-order chi connectivity index (χ0) is 13.4. The Morgan fingerprint density at radius 1 is 1.50 bits per heavy atom. The lowest BCUT2D eigenvalue weighted by Crippen LogP contribution is -2.04. The van der Waals surface area contributed by atoms with Gasteiger partial charge in [-0.1, -0.05) is 6.42 Å². The number of carbonyl (C=O) groups excluding carboxylic acids is 1. The van der Waals surface area contributed by atoms with Gasteiger partial charge in [0.25, 0.3) is 0 Å². The molecular weight excluding hydrogens is 238 g/mol. The molecule has 0 radical (unpaired) electrons. The largest absolute Gasteiger partial charge is 0.466 e. The van der Waals surface area contributed by atoms with Gasteiger partial charge >= 0.3 is 11.7 Å². The number of rotatable bonds is 8. The van der Waals surface area contributed by atoms with Crippen LogP contribution < -0.4 is 0 Å². The molecule has 0 aliphatic rings. The van der Waals surface area contributed by atoms with Gasteiger partial charge in [0.15, 0.2) is 0 Å². The lowest BCUT2D eigenvalue weighted by molar-refractivity contribution is -0.385. The zero-order valence-corrected chi connectivity index (χ0v) is 10.4. The molecule has 0 aromatic carbocycles. The standard InChI is InChI=1S/C11H17N3O4/c1-2-18-11(15)6-4-3-5-7-13-9-10(8-12-13)14(16)17/h8-9H,2-7H2,1H3. The van der Waals surface area contributed by atoms with Crippen LogP contribution >= 0.6 is 0 Å². The molecule has 1 aromatic heterocycles. The Kier molecular flexibility index (Phi) is 5.83. The van der Waals surface area contributed by atoms with Crippen LogP contribution in [0.5, 0.6) is 0 Å². The molecule has 0 aliphatic heterocycles. The van der Waals surface area contributed by atoms with E-state index in [1.54, 1.807) is 11.6 Å². The first-order chi connectivity index (χ1) is 8.63. The van der Waals surface area contributed by atoms with E-state index in [1.165, 1.54) is 12.4 Å². The van der Waals surface area contributed by atoms with Crippen molar-refractivity contribution >= 4 is 11.7 Å². The Morgan fingerprint density at radius 3 is 2.89 bits per heavy atom. The smallest absolute Gasteiger partial charge is 0.306 e. The van der Waals surface area contributed by atoms with Crippen LogP contribution in [0.2, 0.25) is 0 Å². The second-order valence-corrected chi connectivity index (χ2v) is 3.83. The number of nitrogens with zero attached hydrogens (tertiary/aromatic N) is 3. The molecule has 1 aromatic rings. The molecule has 1 heterocycles. The van der Waals surface area contributed by atoms with E-state index < -0.39 is 4.92 Å². The molecule has 0 bridgehead atoms. The highest BCUT2D eigenvalue weighted by atomic mass is 16.6. The molecule has 0 N–H and O–H groups in total. The van der Waals surface area contributed by atoms with E-state index in [4.69, 9.17) is 4.74 Å². The van der Waals surface area contributed by atoms with Crippen molar-refractivity contribution in [2.75, 3.05) is 6.61 Å². The van der Waals surface area contributed by atoms with Crippen LogP contribution in [-0.2, 0) is 16.1 Å². The Balaban J connectivity index is 2.14. The van der Waals surface area contributed by atoms with E-state index in [2.05, 4.69) is 5.10 Å². The molecule has 0 aliphatic carbocycles. The second-order valence-electron chi connectivity index (χ2n) is 3.83. The summed E-state index contributed by atoms with van der Waals surface area (Å²) in [4.78, 5) is 21.0. The van der Waals surface area contributed by atoms with E-state index in [9.17, 15) is 14.9 Å². The maximum Gasteiger partial charge on any atom is 0.306 e. The summed E-state index contributed by atoms with van der Waals surface area (Å²) >= 11 is 0. The normalized spacial score (nSPS) is 10.3. The van der Waals surface area contributed by atoms with E-state index >= 15 is 0 Å². The van der Waals surface area contributed by atoms with Gasteiger partial charge in [-0.05, 0) is 19.8 Å². The Hall–Kier alpha value is -1.92. The number of aryl methyl sites for hydroxylation is 1. The van der Waals surface area contributed by atoms with Gasteiger partial charge in [-0.3, -0.25) is 19.6 Å². The predicted octanol–water partition coefficient (Wildman–Crippen LogP) is 1.91. The quantitative estimate of drug-likeness (QED) is 0.306. The highest BCUT2D eigenvalue weighted by Gasteiger charge is 2.08. The maximum absolute atomic E-state index is 11.0. The first-order valence-corrected chi connectivity index (χ1v) is 5.96. The molecule has 0 unspecified atom stereocenters. The Labute approximate surface area is 105 Å². The minimum absolute atomic E-state index is 0.00141. The first-order valence-electron chi connectivity index (χ1n) is 5.96. The Morgan fingerprint density at radius 2 is 2.28 bits per heavy atom. The number of unbranched alkanes of at least 4 members (excludes halogenated alkanes) is 2. The summed E-state index contributed by atoms with van der Waals surface area (Å²) in [6, 6.07) is 0. The van der Waals surface area contributed by atoms with Crippen LogP contribution in [0.15, 0.2) is 12.4 Å². The van der Waals surface area contributed by atoms with E-state index in [1.807, 2.05) is 0 Å². The molecule has 7 heteroatoms. The molecule has 1 rings (SSSR count). The summed E-state index contributed by atoms with van der Waals surface area (Å²) in [5.41, 5.74) is 0.00141. The van der Waals surface area contributed by atoms with Gasteiger partial charge in [0, 0.05) is 13.0 Å². The lowest BCUT2D eigenvalue weighted by atomic mass is 10.2. The van der Waals surface area contributed by atoms with E-state index in [0.717, 1.165) is 19.3 Å². The Bertz CT molecular complexity index is 403. The molecule has 0 amide bonds. The summed E-state index contributed by atoms with van der Waals surface area (Å²) in [6.07, 6.45) is 5.53. The molecule has 100 valence electrons. The second kappa shape index (κ2) is 7.41. The highest BCUT2D eigenvalue weighted by Crippen LogP contribution is 2.09. The van der Waals surface area contributed by atoms with Crippen molar-refractivity contribution in [1.29, 1.82) is 0 Å². The van der Waals surface area contributed by atoms with Crippen molar-refractivity contribution in [1.82, 2.24) is 9.78 Å². The first kappa shape index (κ1) is 14.1. The SMILES string of the molecule is CCOC(=O)CCCCCn1cc([N+](=O)[O-])cn1. The van der Waals surface area contributed by atoms with Gasteiger partial charge in [-0.25, -0.2) is 0 Å². The number of ether oxygens (including phenoxy) is 1. The average molecular weight is 255 g/mol. The minimum atomic E-state index is -0.468. The van der Waals surface area contributed by atoms with E-state index in [-0.39, 0.29) is 11.7 Å².